The summed E-state index contributed by atoms with van der Waals surface area (Å²) in [7, 11) is 0. The van der Waals surface area contributed by atoms with Crippen LogP contribution in [0.3, 0.4) is 0 Å². The first-order chi connectivity index (χ1) is 22.8. The number of anilines is 1. The van der Waals surface area contributed by atoms with Crippen molar-refractivity contribution in [2.24, 2.45) is 0 Å². The first-order valence-corrected chi connectivity index (χ1v) is 16.0. The van der Waals surface area contributed by atoms with Crippen molar-refractivity contribution in [3.63, 3.8) is 0 Å². The molecule has 7 rings (SSSR count). The average Bonchev–Trinajstić information content (AvgIpc) is 3.76. The van der Waals surface area contributed by atoms with Gasteiger partial charge in [-0.15, -0.1) is 0 Å². The Bertz CT molecular complexity index is 1910. The van der Waals surface area contributed by atoms with Crippen LogP contribution in [0.4, 0.5) is 10.6 Å². The Labute approximate surface area is 272 Å². The van der Waals surface area contributed by atoms with Gasteiger partial charge in [-0.2, -0.15) is 15.5 Å². The van der Waals surface area contributed by atoms with Gasteiger partial charge in [0, 0.05) is 68.0 Å². The maximum Gasteiger partial charge on any atom is 0.410 e. The fraction of sp³-hybridized carbons (Fsp3) is 0.412. The molecule has 0 saturated carbocycles. The molecule has 2 aliphatic heterocycles. The lowest BCUT2D eigenvalue weighted by atomic mass is 9.96. The van der Waals surface area contributed by atoms with Crippen LogP contribution in [0, 0.1) is 11.3 Å². The SMILES string of the molecule is CC(C)(C)OC(=O)N1CCC(n2cc(-c3cn4ncc(C#N)c4c(-c4ccc(N5CCC(c6ncccn6)CC5)nc4)n3)cn2)CC1. The summed E-state index contributed by atoms with van der Waals surface area (Å²) in [6.45, 7) is 8.59. The molecule has 7 heterocycles. The lowest BCUT2D eigenvalue weighted by molar-refractivity contribution is 0.0185. The quantitative estimate of drug-likeness (QED) is 0.252. The van der Waals surface area contributed by atoms with Crippen molar-refractivity contribution in [2.45, 2.75) is 64.0 Å². The van der Waals surface area contributed by atoms with Crippen LogP contribution < -0.4 is 4.90 Å². The van der Waals surface area contributed by atoms with Crippen molar-refractivity contribution in [1.29, 1.82) is 5.26 Å². The number of rotatable bonds is 5. The maximum absolute atomic E-state index is 12.5. The first-order valence-electron chi connectivity index (χ1n) is 16.0. The third kappa shape index (κ3) is 6.36. The second kappa shape index (κ2) is 12.4. The van der Waals surface area contributed by atoms with Crippen LogP contribution >= 0.6 is 0 Å². The number of hydrogen-bond donors (Lipinski definition) is 0. The van der Waals surface area contributed by atoms with E-state index in [1.54, 1.807) is 34.2 Å². The van der Waals surface area contributed by atoms with Gasteiger partial charge < -0.3 is 14.5 Å². The molecule has 2 fully saturated rings. The smallest absolute Gasteiger partial charge is 0.410 e. The fourth-order valence-electron chi connectivity index (χ4n) is 6.35. The maximum atomic E-state index is 12.5. The minimum Gasteiger partial charge on any atom is -0.444 e. The fourth-order valence-corrected chi connectivity index (χ4v) is 6.35. The molecule has 0 spiro atoms. The molecule has 240 valence electrons. The minimum absolute atomic E-state index is 0.155. The molecule has 0 aliphatic carbocycles. The van der Waals surface area contributed by atoms with E-state index in [0.29, 0.717) is 41.5 Å². The topological polar surface area (TPSA) is 143 Å². The predicted molar refractivity (Wildman–Crippen MR) is 174 cm³/mol. The average molecular weight is 632 g/mol. The van der Waals surface area contributed by atoms with Crippen LogP contribution in [0.2, 0.25) is 0 Å². The Morgan fingerprint density at radius 1 is 0.915 bits per heavy atom. The Morgan fingerprint density at radius 3 is 2.36 bits per heavy atom. The van der Waals surface area contributed by atoms with Crippen LogP contribution in [0.15, 0.2) is 61.6 Å². The molecule has 13 heteroatoms. The molecule has 0 bridgehead atoms. The Balaban J connectivity index is 1.09. The Kier molecular flexibility index (Phi) is 8.01. The molecule has 0 aromatic carbocycles. The third-order valence-corrected chi connectivity index (χ3v) is 8.80. The molecule has 5 aromatic rings. The van der Waals surface area contributed by atoms with E-state index in [-0.39, 0.29) is 12.1 Å². The summed E-state index contributed by atoms with van der Waals surface area (Å²) < 4.78 is 9.21. The number of likely N-dealkylation sites (tertiary alicyclic amines) is 1. The van der Waals surface area contributed by atoms with Gasteiger partial charge in [0.1, 0.15) is 34.4 Å². The molecule has 1 amide bonds. The molecule has 0 unspecified atom stereocenters. The van der Waals surface area contributed by atoms with Crippen LogP contribution in [0.25, 0.3) is 28.0 Å². The standard InChI is InChI=1S/C34H37N11O2/c1-34(2,3)47-33(46)43-15-9-27(10-16-43)44-21-26(20-39-44)28-22-45-31(25(17-35)19-40-45)30(41-28)24-5-6-29(38-18-24)42-13-7-23(8-14-42)32-36-11-4-12-37-32/h4-6,11-12,18-23,27H,7-10,13-16H2,1-3H3. The molecule has 2 aliphatic rings. The van der Waals surface area contributed by atoms with Gasteiger partial charge >= 0.3 is 6.09 Å². The number of piperidine rings is 2. The molecule has 0 atom stereocenters. The summed E-state index contributed by atoms with van der Waals surface area (Å²) in [5.74, 6) is 2.17. The number of pyridine rings is 1. The normalized spacial score (nSPS) is 16.4. The number of nitrogens with zero attached hydrogens (tertiary/aromatic N) is 11. The van der Waals surface area contributed by atoms with Crippen LogP contribution in [-0.4, -0.2) is 82.1 Å². The van der Waals surface area contributed by atoms with E-state index in [1.165, 1.54) is 0 Å². The molecule has 0 radical (unpaired) electrons. The highest BCUT2D eigenvalue weighted by molar-refractivity contribution is 5.83. The van der Waals surface area contributed by atoms with E-state index < -0.39 is 5.60 Å². The second-order valence-corrected chi connectivity index (χ2v) is 13.1. The van der Waals surface area contributed by atoms with E-state index in [9.17, 15) is 10.1 Å². The number of carbonyl (C=O) groups is 1. The summed E-state index contributed by atoms with van der Waals surface area (Å²) in [6.07, 6.45) is 15.8. The van der Waals surface area contributed by atoms with Crippen molar-refractivity contribution in [3.8, 4) is 28.6 Å². The van der Waals surface area contributed by atoms with Crippen molar-refractivity contribution in [3.05, 3.63) is 73.0 Å². The summed E-state index contributed by atoms with van der Waals surface area (Å²) in [5.41, 5.74) is 3.52. The molecular weight excluding hydrogens is 594 g/mol. The first kappa shape index (κ1) is 30.3. The van der Waals surface area contributed by atoms with Gasteiger partial charge in [-0.3, -0.25) is 4.68 Å². The molecule has 5 aromatic heterocycles. The molecule has 13 nitrogen and oxygen atoms in total. The van der Waals surface area contributed by atoms with Crippen molar-refractivity contribution in [2.75, 3.05) is 31.1 Å². The summed E-state index contributed by atoms with van der Waals surface area (Å²) in [4.78, 5) is 35.3. The van der Waals surface area contributed by atoms with Crippen LogP contribution in [0.5, 0.6) is 0 Å². The highest BCUT2D eigenvalue weighted by Crippen LogP contribution is 2.32. The number of hydrogen-bond acceptors (Lipinski definition) is 10. The third-order valence-electron chi connectivity index (χ3n) is 8.80. The number of nitriles is 1. The zero-order valence-electron chi connectivity index (χ0n) is 26.8. The highest BCUT2D eigenvalue weighted by Gasteiger charge is 2.28. The summed E-state index contributed by atoms with van der Waals surface area (Å²) >= 11 is 0. The van der Waals surface area contributed by atoms with Gasteiger partial charge in [-0.05, 0) is 64.7 Å². The number of fused-ring (bicyclic) bond motifs is 1. The van der Waals surface area contributed by atoms with E-state index >= 15 is 0 Å². The lowest BCUT2D eigenvalue weighted by Gasteiger charge is -2.33. The van der Waals surface area contributed by atoms with E-state index in [0.717, 1.165) is 61.5 Å². The van der Waals surface area contributed by atoms with Crippen LogP contribution in [0.1, 0.15) is 69.8 Å². The van der Waals surface area contributed by atoms with Gasteiger partial charge in [-0.25, -0.2) is 29.2 Å². The van der Waals surface area contributed by atoms with Crippen LogP contribution in [-0.2, 0) is 4.74 Å². The molecule has 0 N–H and O–H groups in total. The van der Waals surface area contributed by atoms with Crippen molar-refractivity contribution < 1.29 is 9.53 Å². The Hall–Kier alpha value is -5.38. The van der Waals surface area contributed by atoms with Crippen molar-refractivity contribution in [1.82, 2.24) is 44.2 Å². The molecular formula is C34H37N11O2. The monoisotopic (exact) mass is 631 g/mol. The summed E-state index contributed by atoms with van der Waals surface area (Å²) in [5, 5.41) is 19.0. The number of ether oxygens (including phenoxy) is 1. The van der Waals surface area contributed by atoms with Gasteiger partial charge in [0.15, 0.2) is 0 Å². The largest absolute Gasteiger partial charge is 0.444 e. The van der Waals surface area contributed by atoms with E-state index in [2.05, 4.69) is 31.1 Å². The zero-order chi connectivity index (χ0) is 32.5. The highest BCUT2D eigenvalue weighted by atomic mass is 16.6. The predicted octanol–water partition coefficient (Wildman–Crippen LogP) is 5.27. The van der Waals surface area contributed by atoms with Crippen molar-refractivity contribution >= 4 is 17.4 Å². The molecule has 47 heavy (non-hydrogen) atoms. The lowest BCUT2D eigenvalue weighted by Crippen LogP contribution is -2.42. The van der Waals surface area contributed by atoms with Gasteiger partial charge in [0.05, 0.1) is 36.0 Å². The van der Waals surface area contributed by atoms with E-state index in [1.807, 2.05) is 62.2 Å². The van der Waals surface area contributed by atoms with Gasteiger partial charge in [0.25, 0.3) is 0 Å². The Morgan fingerprint density at radius 2 is 1.68 bits per heavy atom. The molecule has 2 saturated heterocycles. The zero-order valence-corrected chi connectivity index (χ0v) is 26.8. The minimum atomic E-state index is -0.519. The summed E-state index contributed by atoms with van der Waals surface area (Å²) in [6, 6.07) is 8.29. The number of amides is 1. The number of carbonyl (C=O) groups excluding carboxylic acids is 1. The second-order valence-electron chi connectivity index (χ2n) is 13.1. The van der Waals surface area contributed by atoms with Gasteiger partial charge in [-0.1, -0.05) is 0 Å². The van der Waals surface area contributed by atoms with E-state index in [4.69, 9.17) is 14.7 Å². The number of aromatic nitrogens is 8. The van der Waals surface area contributed by atoms with Gasteiger partial charge in [0.2, 0.25) is 0 Å².